The van der Waals surface area contributed by atoms with Crippen LogP contribution in [0.4, 0.5) is 5.69 Å². The van der Waals surface area contributed by atoms with Crippen LogP contribution in [0.5, 0.6) is 0 Å². The summed E-state index contributed by atoms with van der Waals surface area (Å²) >= 11 is 0. The molecule has 0 aliphatic heterocycles. The minimum Gasteiger partial charge on any atom is -0.398 e. The van der Waals surface area contributed by atoms with Crippen LogP contribution in [0.1, 0.15) is 10.5 Å². The van der Waals surface area contributed by atoms with Gasteiger partial charge in [-0.3, -0.25) is 9.89 Å². The first-order valence-electron chi connectivity index (χ1n) is 5.25. The van der Waals surface area contributed by atoms with E-state index in [1.165, 1.54) is 10.6 Å². The molecule has 3 aromatic rings. The third kappa shape index (κ3) is 1.41. The van der Waals surface area contributed by atoms with E-state index in [0.29, 0.717) is 17.2 Å². The smallest absolute Gasteiger partial charge is 0.269 e. The van der Waals surface area contributed by atoms with E-state index in [1.54, 1.807) is 6.07 Å². The molecule has 90 valence electrons. The molecule has 0 radical (unpaired) electrons. The van der Waals surface area contributed by atoms with E-state index in [-0.39, 0.29) is 5.69 Å². The summed E-state index contributed by atoms with van der Waals surface area (Å²) in [6, 6.07) is 8.83. The molecule has 0 bridgehead atoms. The molecule has 1 amide bonds. The summed E-state index contributed by atoms with van der Waals surface area (Å²) in [6.45, 7) is 0. The van der Waals surface area contributed by atoms with Gasteiger partial charge in [0, 0.05) is 17.3 Å². The van der Waals surface area contributed by atoms with Crippen LogP contribution in [0.3, 0.4) is 0 Å². The maximum Gasteiger partial charge on any atom is 0.269 e. The van der Waals surface area contributed by atoms with Crippen molar-refractivity contribution in [2.75, 3.05) is 5.73 Å². The lowest BCUT2D eigenvalue weighted by molar-refractivity contribution is 0.0995. The van der Waals surface area contributed by atoms with Gasteiger partial charge in [0.25, 0.3) is 5.91 Å². The van der Waals surface area contributed by atoms with Crippen LogP contribution >= 0.6 is 0 Å². The van der Waals surface area contributed by atoms with Gasteiger partial charge in [0.2, 0.25) is 0 Å². The largest absolute Gasteiger partial charge is 0.398 e. The van der Waals surface area contributed by atoms with Crippen LogP contribution < -0.4 is 11.5 Å². The van der Waals surface area contributed by atoms with Crippen LogP contribution in [0.25, 0.3) is 17.0 Å². The monoisotopic (exact) mass is 242 g/mol. The van der Waals surface area contributed by atoms with Crippen molar-refractivity contribution in [1.29, 1.82) is 0 Å². The number of H-pyrrole nitrogens is 1. The number of benzene rings is 1. The van der Waals surface area contributed by atoms with E-state index in [4.69, 9.17) is 11.5 Å². The summed E-state index contributed by atoms with van der Waals surface area (Å²) < 4.78 is 1.51. The Morgan fingerprint density at radius 3 is 2.83 bits per heavy atom. The second-order valence-corrected chi connectivity index (χ2v) is 3.83. The maximum absolute atomic E-state index is 11.1. The average Bonchev–Trinajstić information content (AvgIpc) is 2.89. The van der Waals surface area contributed by atoms with Crippen LogP contribution in [0.2, 0.25) is 0 Å². The van der Waals surface area contributed by atoms with Gasteiger partial charge in [-0.1, -0.05) is 12.1 Å². The zero-order valence-electron chi connectivity index (χ0n) is 9.29. The zero-order valence-corrected chi connectivity index (χ0v) is 9.29. The number of hydrogen-bond donors (Lipinski definition) is 3. The Hall–Kier alpha value is -2.83. The fourth-order valence-electron chi connectivity index (χ4n) is 1.78. The molecule has 0 spiro atoms. The standard InChI is InChI=1S/C11H10N6O/c12-7-4-2-1-3-6(7)11-15-14-9-5-8(10(13)18)16-17(9)11/h1-5,14H,12H2,(H2,13,18). The number of carbonyl (C=O) groups excluding carboxylic acids is 1. The molecule has 0 aliphatic carbocycles. The first-order chi connectivity index (χ1) is 8.66. The average molecular weight is 242 g/mol. The third-order valence-electron chi connectivity index (χ3n) is 2.64. The lowest BCUT2D eigenvalue weighted by Gasteiger charge is -2.01. The van der Waals surface area contributed by atoms with Crippen molar-refractivity contribution in [3.05, 3.63) is 36.0 Å². The number of anilines is 1. The second kappa shape index (κ2) is 3.59. The summed E-state index contributed by atoms with van der Waals surface area (Å²) in [6.07, 6.45) is 0. The number of carbonyl (C=O) groups is 1. The predicted molar refractivity (Wildman–Crippen MR) is 65.7 cm³/mol. The van der Waals surface area contributed by atoms with Gasteiger partial charge in [0.15, 0.2) is 17.2 Å². The zero-order chi connectivity index (χ0) is 12.7. The molecule has 0 unspecified atom stereocenters. The van der Waals surface area contributed by atoms with Crippen molar-refractivity contribution in [3.8, 4) is 11.4 Å². The Bertz CT molecular complexity index is 741. The Morgan fingerprint density at radius 2 is 2.11 bits per heavy atom. The second-order valence-electron chi connectivity index (χ2n) is 3.83. The molecule has 7 nitrogen and oxygen atoms in total. The number of primary amides is 1. The van der Waals surface area contributed by atoms with E-state index in [1.807, 2.05) is 18.2 Å². The molecule has 5 N–H and O–H groups in total. The van der Waals surface area contributed by atoms with Crippen LogP contribution in [0, 0.1) is 0 Å². The molecular weight excluding hydrogens is 232 g/mol. The highest BCUT2D eigenvalue weighted by molar-refractivity contribution is 5.92. The van der Waals surface area contributed by atoms with E-state index in [2.05, 4.69) is 15.3 Å². The summed E-state index contributed by atoms with van der Waals surface area (Å²) in [5.41, 5.74) is 13.2. The fourth-order valence-corrected chi connectivity index (χ4v) is 1.78. The van der Waals surface area contributed by atoms with E-state index in [0.717, 1.165) is 5.56 Å². The van der Waals surface area contributed by atoms with Gasteiger partial charge in [-0.05, 0) is 12.1 Å². The highest BCUT2D eigenvalue weighted by Gasteiger charge is 2.14. The number of nitrogens with two attached hydrogens (primary N) is 2. The minimum absolute atomic E-state index is 0.180. The van der Waals surface area contributed by atoms with Crippen LogP contribution in [-0.4, -0.2) is 25.7 Å². The number of nitrogen functional groups attached to an aromatic ring is 1. The van der Waals surface area contributed by atoms with Gasteiger partial charge in [-0.2, -0.15) is 14.7 Å². The Morgan fingerprint density at radius 1 is 1.33 bits per heavy atom. The number of para-hydroxylation sites is 1. The first-order valence-corrected chi connectivity index (χ1v) is 5.25. The molecule has 18 heavy (non-hydrogen) atoms. The highest BCUT2D eigenvalue weighted by atomic mass is 16.1. The van der Waals surface area contributed by atoms with Gasteiger partial charge in [0.1, 0.15) is 0 Å². The Labute approximate surface area is 101 Å². The molecule has 1 aromatic carbocycles. The number of aromatic nitrogens is 4. The molecule has 0 saturated heterocycles. The number of rotatable bonds is 2. The lowest BCUT2D eigenvalue weighted by Crippen LogP contribution is -2.11. The number of nitrogens with one attached hydrogen (secondary N) is 1. The van der Waals surface area contributed by atoms with Gasteiger partial charge in [-0.25, -0.2) is 0 Å². The highest BCUT2D eigenvalue weighted by Crippen LogP contribution is 2.24. The van der Waals surface area contributed by atoms with Gasteiger partial charge >= 0.3 is 0 Å². The van der Waals surface area contributed by atoms with Crippen LogP contribution in [0.15, 0.2) is 30.3 Å². The SMILES string of the molecule is NC(=O)c1cc2[nH]nc(-c3ccccc3N)n2n1. The molecule has 7 heteroatoms. The quantitative estimate of drug-likeness (QED) is 0.564. The van der Waals surface area contributed by atoms with Crippen molar-refractivity contribution >= 4 is 17.2 Å². The van der Waals surface area contributed by atoms with Crippen molar-refractivity contribution in [2.45, 2.75) is 0 Å². The number of amides is 1. The minimum atomic E-state index is -0.584. The van der Waals surface area contributed by atoms with Gasteiger partial charge in [0.05, 0.1) is 0 Å². The number of nitrogens with zero attached hydrogens (tertiary/aromatic N) is 3. The van der Waals surface area contributed by atoms with Crippen molar-refractivity contribution in [3.63, 3.8) is 0 Å². The number of aromatic amines is 1. The maximum atomic E-state index is 11.1. The molecule has 0 fully saturated rings. The van der Waals surface area contributed by atoms with Gasteiger partial charge in [-0.15, -0.1) is 0 Å². The molecule has 0 saturated carbocycles. The topological polar surface area (TPSA) is 115 Å². The number of hydrogen-bond acceptors (Lipinski definition) is 4. The Balaban J connectivity index is 2.24. The Kier molecular flexibility index (Phi) is 2.06. The molecular formula is C11H10N6O. The summed E-state index contributed by atoms with van der Waals surface area (Å²) in [5, 5.41) is 11.0. The molecule has 3 rings (SSSR count). The van der Waals surface area contributed by atoms with Crippen molar-refractivity contribution in [1.82, 2.24) is 19.8 Å². The predicted octanol–water partition coefficient (Wildman–Crippen LogP) is 0.405. The summed E-state index contributed by atoms with van der Waals surface area (Å²) in [4.78, 5) is 11.1. The third-order valence-corrected chi connectivity index (χ3v) is 2.64. The molecule has 0 atom stereocenters. The normalized spacial score (nSPS) is 10.9. The van der Waals surface area contributed by atoms with E-state index >= 15 is 0 Å². The van der Waals surface area contributed by atoms with Crippen molar-refractivity contribution in [2.24, 2.45) is 5.73 Å². The van der Waals surface area contributed by atoms with E-state index in [9.17, 15) is 4.79 Å². The fraction of sp³-hybridized carbons (Fsp3) is 0. The first kappa shape index (κ1) is 10.3. The molecule has 0 aliphatic rings. The molecule has 2 aromatic heterocycles. The van der Waals surface area contributed by atoms with Crippen molar-refractivity contribution < 1.29 is 4.79 Å². The van der Waals surface area contributed by atoms with Gasteiger partial charge < -0.3 is 11.5 Å². The van der Waals surface area contributed by atoms with Crippen LogP contribution in [-0.2, 0) is 0 Å². The molecule has 2 heterocycles. The summed E-state index contributed by atoms with van der Waals surface area (Å²) in [5.74, 6) is -0.0466. The number of fused-ring (bicyclic) bond motifs is 1. The summed E-state index contributed by atoms with van der Waals surface area (Å²) in [7, 11) is 0. The van der Waals surface area contributed by atoms with E-state index < -0.39 is 5.91 Å². The lowest BCUT2D eigenvalue weighted by atomic mass is 10.2.